The summed E-state index contributed by atoms with van der Waals surface area (Å²) in [6, 6.07) is 0. The van der Waals surface area contributed by atoms with E-state index < -0.39 is 23.6 Å². The van der Waals surface area contributed by atoms with E-state index in [0.29, 0.717) is 0 Å². The highest BCUT2D eigenvalue weighted by Gasteiger charge is 2.33. The van der Waals surface area contributed by atoms with Gasteiger partial charge in [0, 0.05) is 0 Å². The Bertz CT molecular complexity index is 607. The van der Waals surface area contributed by atoms with Gasteiger partial charge in [-0.15, -0.1) is 0 Å². The molecule has 8 heteroatoms. The molecule has 2 rings (SSSR count). The fourth-order valence-electron chi connectivity index (χ4n) is 2.53. The molecule has 2 N–H and O–H groups in total. The molecule has 0 aromatic carbocycles. The number of hydrogen-bond donors (Lipinski definition) is 1. The van der Waals surface area contributed by atoms with Gasteiger partial charge in [-0.2, -0.15) is 9.37 Å². The third-order valence-electron chi connectivity index (χ3n) is 3.92. The van der Waals surface area contributed by atoms with E-state index >= 15 is 0 Å². The number of ether oxygens (including phenoxy) is 2. The Hall–Kier alpha value is -1.27. The first kappa shape index (κ1) is 18.1. The van der Waals surface area contributed by atoms with Crippen LogP contribution in [0.1, 0.15) is 46.0 Å². The van der Waals surface area contributed by atoms with Crippen molar-refractivity contribution in [1.82, 2.24) is 4.98 Å². The number of nitrogens with zero attached hydrogens (tertiary/aromatic N) is 1. The molecule has 1 saturated carbocycles. The van der Waals surface area contributed by atoms with Crippen LogP contribution < -0.4 is 10.5 Å². The zero-order valence-electron chi connectivity index (χ0n) is 13.0. The van der Waals surface area contributed by atoms with Gasteiger partial charge in [-0.3, -0.25) is 0 Å². The second-order valence-electron chi connectivity index (χ2n) is 5.94. The predicted octanol–water partition coefficient (Wildman–Crippen LogP) is 4.14. The minimum absolute atomic E-state index is 0.139. The Labute approximate surface area is 144 Å². The number of carbonyl (C=O) groups is 1. The summed E-state index contributed by atoms with van der Waals surface area (Å²) in [5.74, 6) is -1.85. The van der Waals surface area contributed by atoms with E-state index in [4.69, 9.17) is 38.4 Å². The van der Waals surface area contributed by atoms with Crippen LogP contribution in [0.5, 0.6) is 5.88 Å². The number of aromatic nitrogens is 1. The molecule has 0 saturated heterocycles. The first-order valence-electron chi connectivity index (χ1n) is 7.43. The molecule has 1 aliphatic carbocycles. The number of nitrogens with two attached hydrogens (primary N) is 1. The van der Waals surface area contributed by atoms with Crippen LogP contribution in [0.4, 0.5) is 10.1 Å². The van der Waals surface area contributed by atoms with E-state index in [1.54, 1.807) is 0 Å². The van der Waals surface area contributed by atoms with Crippen LogP contribution in [0.2, 0.25) is 10.0 Å². The standard InChI is InChI=1S/C15H19Cl2FN2O3/c1-8(14(21)23-15(2)6-4-3-5-7-15)22-13-10(17)11(19)9(16)12(18)20-13/h8H,3-7H2,1-2H3,(H2,19,20)/t8-/m1/s1. The zero-order chi connectivity index (χ0) is 17.2. The zero-order valence-corrected chi connectivity index (χ0v) is 14.5. The first-order valence-corrected chi connectivity index (χ1v) is 8.18. The van der Waals surface area contributed by atoms with Gasteiger partial charge in [0.15, 0.2) is 6.10 Å². The Kier molecular flexibility index (Phi) is 5.57. The minimum atomic E-state index is -1.01. The Balaban J connectivity index is 2.07. The Morgan fingerprint density at radius 3 is 2.52 bits per heavy atom. The monoisotopic (exact) mass is 364 g/mol. The molecule has 1 aliphatic rings. The molecule has 0 radical (unpaired) electrons. The lowest BCUT2D eigenvalue weighted by atomic mass is 9.86. The minimum Gasteiger partial charge on any atom is -0.461 e. The van der Waals surface area contributed by atoms with Crippen LogP contribution in [0.15, 0.2) is 0 Å². The van der Waals surface area contributed by atoms with E-state index in [-0.39, 0.29) is 21.6 Å². The second kappa shape index (κ2) is 7.09. The highest BCUT2D eigenvalue weighted by molar-refractivity contribution is 6.39. The molecule has 0 aliphatic heterocycles. The van der Waals surface area contributed by atoms with E-state index in [1.807, 2.05) is 6.92 Å². The molecule has 0 amide bonds. The lowest BCUT2D eigenvalue weighted by molar-refractivity contribution is -0.168. The maximum absolute atomic E-state index is 13.5. The van der Waals surface area contributed by atoms with Gasteiger partial charge in [-0.05, 0) is 39.5 Å². The SMILES string of the molecule is C[C@@H](Oc1nc(F)c(Cl)c(N)c1Cl)C(=O)OC1(C)CCCCC1. The molecule has 1 fully saturated rings. The van der Waals surface area contributed by atoms with Gasteiger partial charge in [0.05, 0.1) is 5.69 Å². The number of carbonyl (C=O) groups excluding carboxylic acids is 1. The average Bonchev–Trinajstić information content (AvgIpc) is 2.50. The molecule has 128 valence electrons. The fourth-order valence-corrected chi connectivity index (χ4v) is 2.90. The van der Waals surface area contributed by atoms with Gasteiger partial charge in [0.1, 0.15) is 15.6 Å². The van der Waals surface area contributed by atoms with Crippen molar-refractivity contribution < 1.29 is 18.7 Å². The number of hydrogen-bond acceptors (Lipinski definition) is 5. The quantitative estimate of drug-likeness (QED) is 0.641. The summed E-state index contributed by atoms with van der Waals surface area (Å²) in [5.41, 5.74) is 4.89. The van der Waals surface area contributed by atoms with Crippen molar-refractivity contribution in [3.05, 3.63) is 16.0 Å². The van der Waals surface area contributed by atoms with Crippen molar-refractivity contribution in [1.29, 1.82) is 0 Å². The molecule has 1 atom stereocenters. The van der Waals surface area contributed by atoms with E-state index in [9.17, 15) is 9.18 Å². The van der Waals surface area contributed by atoms with E-state index in [1.165, 1.54) is 6.92 Å². The van der Waals surface area contributed by atoms with E-state index in [2.05, 4.69) is 4.98 Å². The number of esters is 1. The Morgan fingerprint density at radius 2 is 1.91 bits per heavy atom. The van der Waals surface area contributed by atoms with Crippen molar-refractivity contribution in [3.8, 4) is 5.88 Å². The smallest absolute Gasteiger partial charge is 0.347 e. The third kappa shape index (κ3) is 4.18. The van der Waals surface area contributed by atoms with E-state index in [0.717, 1.165) is 32.1 Å². The number of pyridine rings is 1. The van der Waals surface area contributed by atoms with Crippen LogP contribution in [-0.2, 0) is 9.53 Å². The third-order valence-corrected chi connectivity index (χ3v) is 4.64. The highest BCUT2D eigenvalue weighted by Crippen LogP contribution is 2.36. The fraction of sp³-hybridized carbons (Fsp3) is 0.600. The normalized spacial score (nSPS) is 18.3. The summed E-state index contributed by atoms with van der Waals surface area (Å²) in [5, 5.41) is -0.521. The summed E-state index contributed by atoms with van der Waals surface area (Å²) in [7, 11) is 0. The summed E-state index contributed by atoms with van der Waals surface area (Å²) in [6.45, 7) is 3.39. The van der Waals surface area contributed by atoms with Crippen LogP contribution in [0.3, 0.4) is 0 Å². The molecule has 23 heavy (non-hydrogen) atoms. The van der Waals surface area contributed by atoms with Crippen LogP contribution in [-0.4, -0.2) is 22.7 Å². The van der Waals surface area contributed by atoms with Crippen LogP contribution >= 0.6 is 23.2 Å². The topological polar surface area (TPSA) is 74.4 Å². The summed E-state index contributed by atoms with van der Waals surface area (Å²) in [4.78, 5) is 15.7. The molecule has 1 heterocycles. The number of rotatable bonds is 4. The average molecular weight is 365 g/mol. The van der Waals surface area contributed by atoms with Gasteiger partial charge in [-0.25, -0.2) is 4.79 Å². The second-order valence-corrected chi connectivity index (χ2v) is 6.70. The van der Waals surface area contributed by atoms with Gasteiger partial charge in [0.25, 0.3) is 0 Å². The summed E-state index contributed by atoms with van der Waals surface area (Å²) >= 11 is 11.5. The number of anilines is 1. The summed E-state index contributed by atoms with van der Waals surface area (Å²) in [6.07, 6.45) is 3.80. The van der Waals surface area contributed by atoms with Crippen molar-refractivity contribution in [3.63, 3.8) is 0 Å². The van der Waals surface area contributed by atoms with Crippen molar-refractivity contribution in [2.75, 3.05) is 5.73 Å². The lowest BCUT2D eigenvalue weighted by Gasteiger charge is -2.34. The highest BCUT2D eigenvalue weighted by atomic mass is 35.5. The van der Waals surface area contributed by atoms with Gasteiger partial charge < -0.3 is 15.2 Å². The molecule has 0 spiro atoms. The molecule has 1 aromatic heterocycles. The number of nitrogen functional groups attached to an aromatic ring is 1. The summed E-state index contributed by atoms with van der Waals surface area (Å²) < 4.78 is 24.4. The number of halogens is 3. The largest absolute Gasteiger partial charge is 0.461 e. The molecular formula is C15H19Cl2FN2O3. The van der Waals surface area contributed by atoms with Crippen molar-refractivity contribution in [2.45, 2.75) is 57.7 Å². The van der Waals surface area contributed by atoms with Gasteiger partial charge >= 0.3 is 5.97 Å². The van der Waals surface area contributed by atoms with Gasteiger partial charge in [0.2, 0.25) is 11.8 Å². The predicted molar refractivity (Wildman–Crippen MR) is 86.3 cm³/mol. The molecule has 0 unspecified atom stereocenters. The van der Waals surface area contributed by atoms with Crippen LogP contribution in [0, 0.1) is 5.95 Å². The van der Waals surface area contributed by atoms with Gasteiger partial charge in [-0.1, -0.05) is 29.6 Å². The van der Waals surface area contributed by atoms with Crippen molar-refractivity contribution >= 4 is 34.9 Å². The maximum atomic E-state index is 13.5. The maximum Gasteiger partial charge on any atom is 0.347 e. The molecular weight excluding hydrogens is 346 g/mol. The Morgan fingerprint density at radius 1 is 1.30 bits per heavy atom. The molecule has 1 aromatic rings. The first-order chi connectivity index (χ1) is 10.7. The van der Waals surface area contributed by atoms with Crippen LogP contribution in [0.25, 0.3) is 0 Å². The molecule has 5 nitrogen and oxygen atoms in total. The lowest BCUT2D eigenvalue weighted by Crippen LogP contribution is -2.38. The van der Waals surface area contributed by atoms with Crippen molar-refractivity contribution in [2.24, 2.45) is 0 Å². The molecule has 0 bridgehead atoms.